The van der Waals surface area contributed by atoms with E-state index >= 15 is 0 Å². The van der Waals surface area contributed by atoms with Crippen molar-refractivity contribution >= 4 is 6.03 Å². The molecule has 122 valence electrons. The van der Waals surface area contributed by atoms with Crippen LogP contribution in [0.4, 0.5) is 9.18 Å². The van der Waals surface area contributed by atoms with E-state index in [0.29, 0.717) is 13.1 Å². The van der Waals surface area contributed by atoms with Crippen LogP contribution in [0, 0.1) is 5.82 Å². The number of ether oxygens (including phenoxy) is 1. The van der Waals surface area contributed by atoms with E-state index in [2.05, 4.69) is 10.3 Å². The molecule has 0 bridgehead atoms. The number of pyridine rings is 1. The van der Waals surface area contributed by atoms with E-state index in [1.54, 1.807) is 43.6 Å². The Morgan fingerprint density at radius 1 is 1.26 bits per heavy atom. The smallest absolute Gasteiger partial charge is 0.317 e. The number of carbonyl (C=O) groups excluding carboxylic acids is 1. The van der Waals surface area contributed by atoms with Gasteiger partial charge in [-0.05, 0) is 35.4 Å². The van der Waals surface area contributed by atoms with Gasteiger partial charge in [-0.15, -0.1) is 0 Å². The van der Waals surface area contributed by atoms with Gasteiger partial charge < -0.3 is 15.0 Å². The zero-order chi connectivity index (χ0) is 16.7. The van der Waals surface area contributed by atoms with E-state index < -0.39 is 0 Å². The largest absolute Gasteiger partial charge is 0.375 e. The highest BCUT2D eigenvalue weighted by Crippen LogP contribution is 2.16. The van der Waals surface area contributed by atoms with Gasteiger partial charge >= 0.3 is 6.03 Å². The zero-order valence-electron chi connectivity index (χ0n) is 13.2. The van der Waals surface area contributed by atoms with Gasteiger partial charge in [0.25, 0.3) is 0 Å². The molecule has 6 heteroatoms. The number of aromatic nitrogens is 1. The van der Waals surface area contributed by atoms with Gasteiger partial charge in [0.15, 0.2) is 0 Å². The molecule has 1 aromatic carbocycles. The molecule has 0 radical (unpaired) electrons. The van der Waals surface area contributed by atoms with Crippen LogP contribution in [0.3, 0.4) is 0 Å². The van der Waals surface area contributed by atoms with Crippen LogP contribution in [-0.4, -0.2) is 36.6 Å². The average Bonchev–Trinajstić information content (AvgIpc) is 2.57. The van der Waals surface area contributed by atoms with Crippen LogP contribution >= 0.6 is 0 Å². The molecule has 2 amide bonds. The highest BCUT2D eigenvalue weighted by Gasteiger charge is 2.14. The predicted molar refractivity (Wildman–Crippen MR) is 85.3 cm³/mol. The lowest BCUT2D eigenvalue weighted by atomic mass is 10.1. The first-order chi connectivity index (χ1) is 11.1. The highest BCUT2D eigenvalue weighted by molar-refractivity contribution is 5.73. The Hall–Kier alpha value is -2.47. The number of rotatable bonds is 6. The van der Waals surface area contributed by atoms with Crippen LogP contribution in [-0.2, 0) is 11.3 Å². The average molecular weight is 317 g/mol. The van der Waals surface area contributed by atoms with Gasteiger partial charge in [-0.1, -0.05) is 12.1 Å². The molecule has 0 spiro atoms. The fraction of sp³-hybridized carbons (Fsp3) is 0.294. The number of nitrogens with one attached hydrogen (secondary N) is 1. The van der Waals surface area contributed by atoms with Gasteiger partial charge in [0, 0.05) is 39.6 Å². The molecular weight excluding hydrogens is 297 g/mol. The first kappa shape index (κ1) is 16.9. The predicted octanol–water partition coefficient (Wildman–Crippen LogP) is 2.75. The summed E-state index contributed by atoms with van der Waals surface area (Å²) in [4.78, 5) is 17.7. The SMILES string of the molecule is COC(CNC(=O)N(C)Cc1ccncc1)c1ccc(F)cc1. The number of urea groups is 1. The molecule has 0 aliphatic carbocycles. The summed E-state index contributed by atoms with van der Waals surface area (Å²) in [6.07, 6.45) is 3.06. The number of methoxy groups -OCH3 is 1. The van der Waals surface area contributed by atoms with Crippen molar-refractivity contribution < 1.29 is 13.9 Å². The second kappa shape index (κ2) is 8.24. The minimum atomic E-state index is -0.325. The van der Waals surface area contributed by atoms with Crippen molar-refractivity contribution in [3.63, 3.8) is 0 Å². The molecule has 1 heterocycles. The zero-order valence-corrected chi connectivity index (χ0v) is 13.2. The number of nitrogens with zero attached hydrogens (tertiary/aromatic N) is 2. The van der Waals surface area contributed by atoms with Crippen molar-refractivity contribution in [3.8, 4) is 0 Å². The van der Waals surface area contributed by atoms with Gasteiger partial charge in [-0.3, -0.25) is 4.98 Å². The van der Waals surface area contributed by atoms with Crippen LogP contribution in [0.1, 0.15) is 17.2 Å². The third kappa shape index (κ3) is 5.03. The normalized spacial score (nSPS) is 11.8. The summed E-state index contributed by atoms with van der Waals surface area (Å²) in [6, 6.07) is 9.57. The summed E-state index contributed by atoms with van der Waals surface area (Å²) in [5.74, 6) is -0.301. The first-order valence-electron chi connectivity index (χ1n) is 7.26. The molecule has 0 saturated heterocycles. The van der Waals surface area contributed by atoms with Gasteiger partial charge in [-0.25, -0.2) is 9.18 Å². The second-order valence-corrected chi connectivity index (χ2v) is 5.17. The molecule has 1 aromatic heterocycles. The Balaban J connectivity index is 1.87. The molecule has 1 unspecified atom stereocenters. The molecule has 23 heavy (non-hydrogen) atoms. The second-order valence-electron chi connectivity index (χ2n) is 5.17. The summed E-state index contributed by atoms with van der Waals surface area (Å²) in [5, 5.41) is 2.82. The summed E-state index contributed by atoms with van der Waals surface area (Å²) in [5.41, 5.74) is 1.81. The number of hydrogen-bond acceptors (Lipinski definition) is 3. The Morgan fingerprint density at radius 2 is 1.91 bits per heavy atom. The van der Waals surface area contributed by atoms with E-state index in [-0.39, 0.29) is 18.0 Å². The van der Waals surface area contributed by atoms with Crippen molar-refractivity contribution in [2.24, 2.45) is 0 Å². The molecule has 2 aromatic rings. The molecular formula is C17H20FN3O2. The van der Waals surface area contributed by atoms with Crippen LogP contribution in [0.15, 0.2) is 48.8 Å². The van der Waals surface area contributed by atoms with Gasteiger partial charge in [0.05, 0.1) is 6.10 Å². The lowest BCUT2D eigenvalue weighted by Crippen LogP contribution is -2.39. The van der Waals surface area contributed by atoms with E-state index in [1.165, 1.54) is 12.1 Å². The molecule has 5 nitrogen and oxygen atoms in total. The van der Waals surface area contributed by atoms with E-state index in [0.717, 1.165) is 11.1 Å². The van der Waals surface area contributed by atoms with Crippen LogP contribution in [0.5, 0.6) is 0 Å². The van der Waals surface area contributed by atoms with Crippen molar-refractivity contribution in [1.82, 2.24) is 15.2 Å². The topological polar surface area (TPSA) is 54.5 Å². The maximum Gasteiger partial charge on any atom is 0.317 e. The third-order valence-electron chi connectivity index (χ3n) is 3.48. The first-order valence-corrected chi connectivity index (χ1v) is 7.26. The molecule has 1 N–H and O–H groups in total. The summed E-state index contributed by atoms with van der Waals surface area (Å²) in [7, 11) is 3.27. The van der Waals surface area contributed by atoms with Gasteiger partial charge in [0.1, 0.15) is 5.82 Å². The highest BCUT2D eigenvalue weighted by atomic mass is 19.1. The van der Waals surface area contributed by atoms with Gasteiger partial charge in [-0.2, -0.15) is 0 Å². The molecule has 2 rings (SSSR count). The molecule has 0 fully saturated rings. The minimum Gasteiger partial charge on any atom is -0.375 e. The van der Waals surface area contributed by atoms with Gasteiger partial charge in [0.2, 0.25) is 0 Å². The lowest BCUT2D eigenvalue weighted by Gasteiger charge is -2.21. The molecule has 1 atom stereocenters. The van der Waals surface area contributed by atoms with Crippen LogP contribution in [0.25, 0.3) is 0 Å². The monoisotopic (exact) mass is 317 g/mol. The molecule has 0 saturated carbocycles. The van der Waals surface area contributed by atoms with Crippen molar-refractivity contribution in [2.75, 3.05) is 20.7 Å². The van der Waals surface area contributed by atoms with Crippen LogP contribution in [0.2, 0.25) is 0 Å². The van der Waals surface area contributed by atoms with E-state index in [1.807, 2.05) is 12.1 Å². The summed E-state index contributed by atoms with van der Waals surface area (Å²) in [6.45, 7) is 0.796. The number of benzene rings is 1. The fourth-order valence-electron chi connectivity index (χ4n) is 2.16. The maximum absolute atomic E-state index is 13.0. The van der Waals surface area contributed by atoms with E-state index in [9.17, 15) is 9.18 Å². The number of carbonyl (C=O) groups is 1. The fourth-order valence-corrected chi connectivity index (χ4v) is 2.16. The quantitative estimate of drug-likeness (QED) is 0.891. The summed E-state index contributed by atoms with van der Waals surface area (Å²) >= 11 is 0. The maximum atomic E-state index is 13.0. The van der Waals surface area contributed by atoms with Crippen molar-refractivity contribution in [2.45, 2.75) is 12.6 Å². The number of hydrogen-bond donors (Lipinski definition) is 1. The lowest BCUT2D eigenvalue weighted by molar-refractivity contribution is 0.102. The minimum absolute atomic E-state index is 0.203. The van der Waals surface area contributed by atoms with Crippen molar-refractivity contribution in [3.05, 3.63) is 65.7 Å². The molecule has 0 aliphatic rings. The third-order valence-corrected chi connectivity index (χ3v) is 3.48. The Kier molecular flexibility index (Phi) is 6.05. The molecule has 0 aliphatic heterocycles. The van der Waals surface area contributed by atoms with E-state index in [4.69, 9.17) is 4.74 Å². The van der Waals surface area contributed by atoms with Crippen LogP contribution < -0.4 is 5.32 Å². The number of amides is 2. The standard InChI is InChI=1S/C17H20FN3O2/c1-21(12-13-7-9-19-10-8-13)17(22)20-11-16(23-2)14-3-5-15(18)6-4-14/h3-10,16H,11-12H2,1-2H3,(H,20,22). The Labute approximate surface area is 135 Å². The van der Waals surface area contributed by atoms with Crippen molar-refractivity contribution in [1.29, 1.82) is 0 Å². The Morgan fingerprint density at radius 3 is 2.52 bits per heavy atom. The Bertz CT molecular complexity index is 619. The summed E-state index contributed by atoms with van der Waals surface area (Å²) < 4.78 is 18.3. The number of halogens is 1.